The molecule has 0 spiro atoms. The molecule has 212 valence electrons. The second-order valence-electron chi connectivity index (χ2n) is 10.5. The van der Waals surface area contributed by atoms with Gasteiger partial charge in [0.25, 0.3) is 0 Å². The maximum Gasteiger partial charge on any atom is 0.209 e. The summed E-state index contributed by atoms with van der Waals surface area (Å²) in [4.78, 5) is 19.1. The highest BCUT2D eigenvalue weighted by molar-refractivity contribution is 7.88. The zero-order chi connectivity index (χ0) is 29.0. The maximum atomic E-state index is 14.6. The largest absolute Gasteiger partial charge is 0.352 e. The Morgan fingerprint density at radius 2 is 1.93 bits per heavy atom. The zero-order valence-corrected chi connectivity index (χ0v) is 23.3. The van der Waals surface area contributed by atoms with E-state index in [1.807, 2.05) is 24.3 Å². The van der Waals surface area contributed by atoms with Crippen LogP contribution in [0.3, 0.4) is 0 Å². The number of nitrogens with two attached hydrogens (primary N) is 1. The van der Waals surface area contributed by atoms with E-state index in [-0.39, 0.29) is 12.6 Å². The molecule has 0 radical (unpaired) electrons. The quantitative estimate of drug-likeness (QED) is 0.222. The topological polar surface area (TPSA) is 159 Å². The maximum absolute atomic E-state index is 14.6. The number of nitrogens with zero attached hydrogens (tertiary/aromatic N) is 5. The number of H-pyrrole nitrogens is 2. The second-order valence-corrected chi connectivity index (χ2v) is 12.3. The first kappa shape index (κ1) is 26.2. The van der Waals surface area contributed by atoms with E-state index in [1.165, 1.54) is 12.1 Å². The van der Waals surface area contributed by atoms with Crippen molar-refractivity contribution in [3.05, 3.63) is 78.5 Å². The van der Waals surface area contributed by atoms with E-state index in [9.17, 15) is 12.8 Å². The SMILES string of the molecule is CS(=O)(=O)NCc1cc(F)cc(-c2ccnc3[nH]c(-c4n[nH]c5ccc(-c6cncc(N7CC(N)C7)n6)cc45)cc23)c1. The molecular formula is C29H26FN9O2S. The van der Waals surface area contributed by atoms with Gasteiger partial charge in [0, 0.05) is 48.2 Å². The molecule has 0 unspecified atom stereocenters. The summed E-state index contributed by atoms with van der Waals surface area (Å²) in [7, 11) is -3.43. The van der Waals surface area contributed by atoms with Gasteiger partial charge in [-0.05, 0) is 59.2 Å². The van der Waals surface area contributed by atoms with Gasteiger partial charge in [-0.1, -0.05) is 6.07 Å². The van der Waals surface area contributed by atoms with E-state index in [1.54, 1.807) is 30.7 Å². The number of hydrogen-bond donors (Lipinski definition) is 4. The summed E-state index contributed by atoms with van der Waals surface area (Å²) in [6.07, 6.45) is 6.20. The van der Waals surface area contributed by atoms with Gasteiger partial charge in [0.1, 0.15) is 23.0 Å². The van der Waals surface area contributed by atoms with Gasteiger partial charge in [-0.15, -0.1) is 0 Å². The molecule has 13 heteroatoms. The Bertz CT molecular complexity index is 2080. The number of anilines is 1. The van der Waals surface area contributed by atoms with Crippen LogP contribution in [0.4, 0.5) is 10.2 Å². The average molecular weight is 584 g/mol. The first-order valence-electron chi connectivity index (χ1n) is 13.2. The Kier molecular flexibility index (Phi) is 6.22. The van der Waals surface area contributed by atoms with Gasteiger partial charge in [0.05, 0.1) is 35.6 Å². The standard InChI is InChI=1S/C29H26FN9O2S/c1-42(40,41)34-11-16-6-18(8-19(30)7-16)21-4-5-33-29-22(21)10-25(36-29)28-23-9-17(2-3-24(23)37-38-28)26-12-32-13-27(35-26)39-14-20(31)15-39/h2-10,12-13,20,34H,11,14-15,31H2,1H3,(H,33,36)(H,37,38). The molecule has 1 aliphatic heterocycles. The predicted molar refractivity (Wildman–Crippen MR) is 159 cm³/mol. The van der Waals surface area contributed by atoms with E-state index in [0.717, 1.165) is 64.0 Å². The fourth-order valence-electron chi connectivity index (χ4n) is 5.25. The third-order valence-corrected chi connectivity index (χ3v) is 7.98. The third kappa shape index (κ3) is 4.98. The van der Waals surface area contributed by atoms with Crippen molar-refractivity contribution in [3.8, 4) is 33.8 Å². The Morgan fingerprint density at radius 3 is 2.74 bits per heavy atom. The van der Waals surface area contributed by atoms with Crippen LogP contribution in [-0.2, 0) is 16.6 Å². The summed E-state index contributed by atoms with van der Waals surface area (Å²) in [6.45, 7) is 1.50. The van der Waals surface area contributed by atoms with Crippen molar-refractivity contribution in [1.29, 1.82) is 0 Å². The van der Waals surface area contributed by atoms with Crippen LogP contribution in [0.25, 0.3) is 55.7 Å². The van der Waals surface area contributed by atoms with Crippen LogP contribution in [0.15, 0.2) is 67.1 Å². The Morgan fingerprint density at radius 1 is 1.07 bits per heavy atom. The number of hydrogen-bond acceptors (Lipinski definition) is 8. The van der Waals surface area contributed by atoms with E-state index < -0.39 is 15.8 Å². The van der Waals surface area contributed by atoms with Gasteiger partial charge in [0.2, 0.25) is 10.0 Å². The van der Waals surface area contributed by atoms with E-state index in [0.29, 0.717) is 22.5 Å². The van der Waals surface area contributed by atoms with Crippen LogP contribution in [0.2, 0.25) is 0 Å². The van der Waals surface area contributed by atoms with Gasteiger partial charge in [-0.3, -0.25) is 10.1 Å². The summed E-state index contributed by atoms with van der Waals surface area (Å²) in [6, 6.07) is 14.4. The van der Waals surface area contributed by atoms with Crippen molar-refractivity contribution in [1.82, 2.24) is 34.9 Å². The molecular weight excluding hydrogens is 557 g/mol. The Balaban J connectivity index is 1.26. The number of aromatic nitrogens is 6. The number of sulfonamides is 1. The molecule has 1 aliphatic rings. The molecule has 1 saturated heterocycles. The van der Waals surface area contributed by atoms with Gasteiger partial charge >= 0.3 is 0 Å². The molecule has 2 aromatic carbocycles. The van der Waals surface area contributed by atoms with Gasteiger partial charge in [-0.2, -0.15) is 5.10 Å². The molecule has 4 aromatic heterocycles. The number of aromatic amines is 2. The highest BCUT2D eigenvalue weighted by Crippen LogP contribution is 2.35. The van der Waals surface area contributed by atoms with Gasteiger partial charge in [-0.25, -0.2) is 27.5 Å². The summed E-state index contributed by atoms with van der Waals surface area (Å²) in [5.74, 6) is 0.331. The molecule has 5 N–H and O–H groups in total. The van der Waals surface area contributed by atoms with E-state index in [4.69, 9.17) is 10.7 Å². The van der Waals surface area contributed by atoms with Gasteiger partial charge < -0.3 is 15.6 Å². The molecule has 6 aromatic rings. The van der Waals surface area contributed by atoms with E-state index >= 15 is 0 Å². The minimum atomic E-state index is -3.43. The molecule has 0 saturated carbocycles. The lowest BCUT2D eigenvalue weighted by Gasteiger charge is -2.37. The smallest absolute Gasteiger partial charge is 0.209 e. The Hall–Kier alpha value is -4.72. The van der Waals surface area contributed by atoms with E-state index in [2.05, 4.69) is 34.8 Å². The lowest BCUT2D eigenvalue weighted by Crippen LogP contribution is -2.56. The molecule has 0 atom stereocenters. The number of nitrogens with one attached hydrogen (secondary N) is 3. The fraction of sp³-hybridized carbons (Fsp3) is 0.172. The summed E-state index contributed by atoms with van der Waals surface area (Å²) >= 11 is 0. The van der Waals surface area contributed by atoms with Crippen LogP contribution in [-0.4, -0.2) is 63.9 Å². The monoisotopic (exact) mass is 583 g/mol. The minimum absolute atomic E-state index is 0.0172. The summed E-state index contributed by atoms with van der Waals surface area (Å²) in [5.41, 5.74) is 12.3. The average Bonchev–Trinajstić information content (AvgIpc) is 3.57. The van der Waals surface area contributed by atoms with Crippen molar-refractivity contribution in [2.45, 2.75) is 12.6 Å². The third-order valence-electron chi connectivity index (χ3n) is 7.31. The van der Waals surface area contributed by atoms with Crippen molar-refractivity contribution in [2.75, 3.05) is 24.2 Å². The first-order chi connectivity index (χ1) is 20.2. The molecule has 0 bridgehead atoms. The van der Waals surface area contributed by atoms with Crippen LogP contribution in [0.1, 0.15) is 5.56 Å². The minimum Gasteiger partial charge on any atom is -0.352 e. The lowest BCUT2D eigenvalue weighted by molar-refractivity contribution is 0.514. The highest BCUT2D eigenvalue weighted by atomic mass is 32.2. The number of pyridine rings is 1. The normalized spacial score (nSPS) is 14.1. The zero-order valence-electron chi connectivity index (χ0n) is 22.5. The number of halogens is 1. The number of fused-ring (bicyclic) bond motifs is 2. The second kappa shape index (κ2) is 9.98. The van der Waals surface area contributed by atoms with Crippen LogP contribution in [0, 0.1) is 5.82 Å². The van der Waals surface area contributed by atoms with Crippen molar-refractivity contribution in [3.63, 3.8) is 0 Å². The van der Waals surface area contributed by atoms with Crippen LogP contribution < -0.4 is 15.4 Å². The highest BCUT2D eigenvalue weighted by Gasteiger charge is 2.25. The molecule has 11 nitrogen and oxygen atoms in total. The Labute approximate surface area is 240 Å². The molecule has 0 amide bonds. The summed E-state index contributed by atoms with van der Waals surface area (Å²) in [5, 5.41) is 9.34. The molecule has 5 heterocycles. The fourth-order valence-corrected chi connectivity index (χ4v) is 5.68. The number of benzene rings is 2. The number of rotatable bonds is 7. The lowest BCUT2D eigenvalue weighted by atomic mass is 10.0. The molecule has 42 heavy (non-hydrogen) atoms. The predicted octanol–water partition coefficient (Wildman–Crippen LogP) is 3.57. The van der Waals surface area contributed by atoms with Crippen LogP contribution >= 0.6 is 0 Å². The van der Waals surface area contributed by atoms with Crippen molar-refractivity contribution >= 4 is 37.8 Å². The van der Waals surface area contributed by atoms with Crippen molar-refractivity contribution < 1.29 is 12.8 Å². The first-order valence-corrected chi connectivity index (χ1v) is 15.1. The molecule has 7 rings (SSSR count). The van der Waals surface area contributed by atoms with Gasteiger partial charge in [0.15, 0.2) is 0 Å². The molecule has 0 aliphatic carbocycles. The summed E-state index contributed by atoms with van der Waals surface area (Å²) < 4.78 is 40.1. The molecule has 1 fully saturated rings. The van der Waals surface area contributed by atoms with Crippen LogP contribution in [0.5, 0.6) is 0 Å². The van der Waals surface area contributed by atoms with Crippen molar-refractivity contribution in [2.24, 2.45) is 5.73 Å².